The summed E-state index contributed by atoms with van der Waals surface area (Å²) in [5.41, 5.74) is 3.25. The van der Waals surface area contributed by atoms with Crippen molar-refractivity contribution in [1.29, 1.82) is 0 Å². The summed E-state index contributed by atoms with van der Waals surface area (Å²) >= 11 is 4.81. The molecule has 29 heavy (non-hydrogen) atoms. The molecular formula is C22H18BrN3O2S. The second-order valence-electron chi connectivity index (χ2n) is 6.76. The molecule has 1 N–H and O–H groups in total. The number of anilines is 1. The fraction of sp³-hybridized carbons (Fsp3) is 0.136. The highest BCUT2D eigenvalue weighted by Crippen LogP contribution is 2.25. The maximum absolute atomic E-state index is 12.9. The number of halogens is 1. The molecule has 2 aromatic carbocycles. The van der Waals surface area contributed by atoms with Gasteiger partial charge in [0.2, 0.25) is 0 Å². The number of nitrogens with zero attached hydrogens (tertiary/aromatic N) is 2. The van der Waals surface area contributed by atoms with Crippen LogP contribution in [0.2, 0.25) is 0 Å². The van der Waals surface area contributed by atoms with Crippen molar-refractivity contribution < 1.29 is 9.59 Å². The summed E-state index contributed by atoms with van der Waals surface area (Å²) in [7, 11) is 0. The number of nitrogens with one attached hydrogen (secondary N) is 1. The summed E-state index contributed by atoms with van der Waals surface area (Å²) < 4.78 is 3.01. The zero-order valence-corrected chi connectivity index (χ0v) is 18.3. The number of fused-ring (bicyclic) bond motifs is 1. The van der Waals surface area contributed by atoms with Crippen LogP contribution in [0.1, 0.15) is 26.5 Å². The second kappa shape index (κ2) is 7.93. The largest absolute Gasteiger partial charge is 0.342 e. The number of aromatic nitrogens is 2. The van der Waals surface area contributed by atoms with Gasteiger partial charge in [0.1, 0.15) is 0 Å². The van der Waals surface area contributed by atoms with Crippen LogP contribution in [0.25, 0.3) is 10.9 Å². The number of hydrogen-bond acceptors (Lipinski definition) is 4. The number of amides is 1. The zero-order chi connectivity index (χ0) is 20.5. The molecule has 0 spiro atoms. The maximum Gasteiger partial charge on any atom is 0.298 e. The van der Waals surface area contributed by atoms with E-state index in [1.807, 2.05) is 66.9 Å². The molecule has 0 bridgehead atoms. The van der Waals surface area contributed by atoms with Gasteiger partial charge in [0, 0.05) is 33.0 Å². The molecule has 0 unspecified atom stereocenters. The Morgan fingerprint density at radius 1 is 1.10 bits per heavy atom. The Balaban J connectivity index is 1.65. The molecule has 2 aromatic heterocycles. The van der Waals surface area contributed by atoms with E-state index in [-0.39, 0.29) is 0 Å². The van der Waals surface area contributed by atoms with Crippen LogP contribution in [0.5, 0.6) is 0 Å². The molecule has 0 fully saturated rings. The van der Waals surface area contributed by atoms with E-state index in [0.29, 0.717) is 17.2 Å². The Bertz CT molecular complexity index is 1210. The lowest BCUT2D eigenvalue weighted by molar-refractivity contribution is -0.112. The lowest BCUT2D eigenvalue weighted by atomic mass is 10.1. The Kier molecular flexibility index (Phi) is 5.34. The summed E-state index contributed by atoms with van der Waals surface area (Å²) in [5, 5.41) is 3.84. The average molecular weight is 468 g/mol. The minimum Gasteiger partial charge on any atom is -0.342 e. The zero-order valence-electron chi connectivity index (χ0n) is 15.9. The quantitative estimate of drug-likeness (QED) is 0.317. The van der Waals surface area contributed by atoms with E-state index in [1.165, 1.54) is 11.3 Å². The third-order valence-corrected chi connectivity index (χ3v) is 6.27. The smallest absolute Gasteiger partial charge is 0.298 e. The van der Waals surface area contributed by atoms with Gasteiger partial charge in [0.25, 0.3) is 11.7 Å². The molecule has 0 radical (unpaired) electrons. The van der Waals surface area contributed by atoms with Crippen molar-refractivity contribution in [2.24, 2.45) is 0 Å². The molecule has 4 rings (SSSR count). The number of rotatable bonds is 5. The third-order valence-electron chi connectivity index (χ3n) is 4.75. The van der Waals surface area contributed by atoms with E-state index in [4.69, 9.17) is 0 Å². The van der Waals surface area contributed by atoms with Crippen molar-refractivity contribution in [1.82, 2.24) is 9.55 Å². The second-order valence-corrected chi connectivity index (χ2v) is 8.88. The predicted octanol–water partition coefficient (Wildman–Crippen LogP) is 5.35. The van der Waals surface area contributed by atoms with Crippen LogP contribution >= 0.6 is 27.3 Å². The van der Waals surface area contributed by atoms with E-state index >= 15 is 0 Å². The van der Waals surface area contributed by atoms with Gasteiger partial charge in [-0.2, -0.15) is 0 Å². The summed E-state index contributed by atoms with van der Waals surface area (Å²) in [4.78, 5) is 30.8. The van der Waals surface area contributed by atoms with Crippen molar-refractivity contribution in [3.63, 3.8) is 0 Å². The molecule has 0 saturated heterocycles. The monoisotopic (exact) mass is 467 g/mol. The van der Waals surface area contributed by atoms with Gasteiger partial charge in [-0.25, -0.2) is 4.98 Å². The van der Waals surface area contributed by atoms with Gasteiger partial charge in [-0.1, -0.05) is 46.3 Å². The molecule has 0 saturated carbocycles. The predicted molar refractivity (Wildman–Crippen MR) is 120 cm³/mol. The first-order valence-corrected chi connectivity index (χ1v) is 10.7. The molecule has 7 heteroatoms. The van der Waals surface area contributed by atoms with Gasteiger partial charge >= 0.3 is 0 Å². The molecular weight excluding hydrogens is 450 g/mol. The lowest BCUT2D eigenvalue weighted by Crippen LogP contribution is -2.22. The van der Waals surface area contributed by atoms with Gasteiger partial charge in [0.05, 0.1) is 11.3 Å². The summed E-state index contributed by atoms with van der Waals surface area (Å²) in [5.74, 6) is -1.24. The molecule has 5 nitrogen and oxygen atoms in total. The number of carbonyl (C=O) groups excluding carboxylic acids is 2. The molecule has 4 aromatic rings. The van der Waals surface area contributed by atoms with E-state index < -0.39 is 11.7 Å². The number of para-hydroxylation sites is 1. The summed E-state index contributed by atoms with van der Waals surface area (Å²) in [6, 6.07) is 15.6. The molecule has 0 aliphatic carbocycles. The molecule has 146 valence electrons. The first-order valence-electron chi connectivity index (χ1n) is 9.04. The lowest BCUT2D eigenvalue weighted by Gasteiger charge is -2.05. The number of hydrogen-bond donors (Lipinski definition) is 1. The topological polar surface area (TPSA) is 64.0 Å². The van der Waals surface area contributed by atoms with E-state index in [1.54, 1.807) is 6.20 Å². The van der Waals surface area contributed by atoms with Gasteiger partial charge in [-0.15, -0.1) is 11.3 Å². The SMILES string of the molecule is Cc1nc(NC(=O)C(=O)c2cn(Cc3ccc(Br)cc3)c3ccccc23)sc1C. The van der Waals surface area contributed by atoms with Crippen molar-refractivity contribution in [2.45, 2.75) is 20.4 Å². The number of benzene rings is 2. The Morgan fingerprint density at radius 3 is 2.52 bits per heavy atom. The van der Waals surface area contributed by atoms with Gasteiger partial charge < -0.3 is 4.57 Å². The Hall–Kier alpha value is -2.77. The van der Waals surface area contributed by atoms with E-state index in [0.717, 1.165) is 31.5 Å². The van der Waals surface area contributed by atoms with Crippen LogP contribution in [-0.2, 0) is 11.3 Å². The first kappa shape index (κ1) is 19.5. The highest BCUT2D eigenvalue weighted by Gasteiger charge is 2.22. The minimum atomic E-state index is -0.676. The van der Waals surface area contributed by atoms with E-state index in [9.17, 15) is 9.59 Å². The van der Waals surface area contributed by atoms with Crippen LogP contribution in [0.15, 0.2) is 59.2 Å². The van der Waals surface area contributed by atoms with Crippen LogP contribution in [0.4, 0.5) is 5.13 Å². The van der Waals surface area contributed by atoms with Gasteiger partial charge in [0.15, 0.2) is 5.13 Å². The molecule has 1 amide bonds. The van der Waals surface area contributed by atoms with Crippen LogP contribution in [-0.4, -0.2) is 21.2 Å². The Labute approximate surface area is 180 Å². The summed E-state index contributed by atoms with van der Waals surface area (Å²) in [6.45, 7) is 4.41. The van der Waals surface area contributed by atoms with Crippen LogP contribution in [0.3, 0.4) is 0 Å². The average Bonchev–Trinajstić information content (AvgIpc) is 3.22. The van der Waals surface area contributed by atoms with Gasteiger partial charge in [-0.3, -0.25) is 14.9 Å². The number of Topliss-reactive ketones (excluding diaryl/α,β-unsaturated/α-hetero) is 1. The summed E-state index contributed by atoms with van der Waals surface area (Å²) in [6.07, 6.45) is 1.76. The third kappa shape index (κ3) is 4.02. The molecule has 2 heterocycles. The van der Waals surface area contributed by atoms with Crippen molar-refractivity contribution in [2.75, 3.05) is 5.32 Å². The maximum atomic E-state index is 12.9. The number of thiazole rings is 1. The normalized spacial score (nSPS) is 11.0. The van der Waals surface area contributed by atoms with E-state index in [2.05, 4.69) is 26.2 Å². The van der Waals surface area contributed by atoms with Crippen molar-refractivity contribution in [3.8, 4) is 0 Å². The van der Waals surface area contributed by atoms with Crippen molar-refractivity contribution in [3.05, 3.63) is 80.9 Å². The fourth-order valence-electron chi connectivity index (χ4n) is 3.15. The highest BCUT2D eigenvalue weighted by atomic mass is 79.9. The molecule has 0 aliphatic rings. The number of ketones is 1. The highest BCUT2D eigenvalue weighted by molar-refractivity contribution is 9.10. The van der Waals surface area contributed by atoms with Gasteiger partial charge in [-0.05, 0) is 37.6 Å². The first-order chi connectivity index (χ1) is 13.9. The number of aryl methyl sites for hydroxylation is 2. The van der Waals surface area contributed by atoms with Crippen LogP contribution in [0, 0.1) is 13.8 Å². The van der Waals surface area contributed by atoms with Crippen LogP contribution < -0.4 is 5.32 Å². The van der Waals surface area contributed by atoms with Crippen molar-refractivity contribution >= 4 is 55.0 Å². The molecule has 0 aliphatic heterocycles. The number of carbonyl (C=O) groups is 2. The molecule has 0 atom stereocenters. The fourth-order valence-corrected chi connectivity index (χ4v) is 4.22. The Morgan fingerprint density at radius 2 is 1.83 bits per heavy atom. The standard InChI is InChI=1S/C22H18BrN3O2S/c1-13-14(2)29-22(24-13)25-21(28)20(27)18-12-26(19-6-4-3-5-17(18)19)11-15-7-9-16(23)10-8-15/h3-10,12H,11H2,1-2H3,(H,24,25,28). The minimum absolute atomic E-state index is 0.389.